The second kappa shape index (κ2) is 9.88. The molecule has 0 aliphatic rings. The number of carbonyl (C=O) groups is 2. The minimum Gasteiger partial charge on any atom is -0.365 e. The van der Waals surface area contributed by atoms with E-state index in [4.69, 9.17) is 5.73 Å². The van der Waals surface area contributed by atoms with Crippen molar-refractivity contribution < 1.29 is 9.59 Å². The fourth-order valence-corrected chi connectivity index (χ4v) is 3.20. The summed E-state index contributed by atoms with van der Waals surface area (Å²) in [6, 6.07) is 11.8. The van der Waals surface area contributed by atoms with E-state index in [0.29, 0.717) is 25.2 Å². The number of nitrogens with zero attached hydrogens (tertiary/aromatic N) is 2. The van der Waals surface area contributed by atoms with E-state index in [1.54, 1.807) is 6.92 Å². The van der Waals surface area contributed by atoms with Crippen LogP contribution in [-0.4, -0.2) is 49.8 Å². The first-order valence-corrected chi connectivity index (χ1v) is 10.3. The number of rotatable bonds is 9. The van der Waals surface area contributed by atoms with E-state index in [9.17, 15) is 9.59 Å². The summed E-state index contributed by atoms with van der Waals surface area (Å²) in [6.07, 6.45) is 1.77. The Hall–Kier alpha value is -2.40. The molecule has 0 radical (unpaired) electrons. The summed E-state index contributed by atoms with van der Waals surface area (Å²) < 4.78 is 0. The molecule has 5 heteroatoms. The number of nitrogens with two attached hydrogens (primary N) is 1. The summed E-state index contributed by atoms with van der Waals surface area (Å²) in [4.78, 5) is 28.4. The minimum atomic E-state index is 0.0616. The van der Waals surface area contributed by atoms with Gasteiger partial charge in [0.2, 0.25) is 5.91 Å². The second-order valence-corrected chi connectivity index (χ2v) is 8.99. The van der Waals surface area contributed by atoms with Crippen molar-refractivity contribution >= 4 is 28.2 Å². The van der Waals surface area contributed by atoms with Gasteiger partial charge in [-0.05, 0) is 60.7 Å². The van der Waals surface area contributed by atoms with Gasteiger partial charge in [-0.15, -0.1) is 0 Å². The third-order valence-corrected chi connectivity index (χ3v) is 5.16. The maximum absolute atomic E-state index is 12.9. The number of benzene rings is 2. The van der Waals surface area contributed by atoms with E-state index in [2.05, 4.69) is 26.8 Å². The Labute approximate surface area is 174 Å². The van der Waals surface area contributed by atoms with Crippen LogP contribution < -0.4 is 10.6 Å². The highest BCUT2D eigenvalue weighted by molar-refractivity contribution is 5.99. The number of carbonyl (C=O) groups excluding carboxylic acids is 2. The van der Waals surface area contributed by atoms with Crippen molar-refractivity contribution in [3.05, 3.63) is 42.0 Å². The Morgan fingerprint density at radius 3 is 2.28 bits per heavy atom. The molecule has 0 bridgehead atoms. The van der Waals surface area contributed by atoms with Crippen molar-refractivity contribution in [2.24, 2.45) is 11.1 Å². The standard InChI is InChI=1S/C24H35N3O2/c1-18(28)19-7-8-21-16-22(10-9-20(21)15-19)26(5)17-23(29)27(13-6-12-25)14-11-24(2,3)4/h7-10,15-16H,6,11-14,17,25H2,1-5H3. The number of amides is 1. The lowest BCUT2D eigenvalue weighted by molar-refractivity contribution is -0.130. The molecule has 2 aromatic rings. The van der Waals surface area contributed by atoms with Crippen LogP contribution in [0.15, 0.2) is 36.4 Å². The van der Waals surface area contributed by atoms with E-state index in [1.165, 1.54) is 0 Å². The average molecular weight is 398 g/mol. The highest BCUT2D eigenvalue weighted by Crippen LogP contribution is 2.23. The molecule has 5 nitrogen and oxygen atoms in total. The van der Waals surface area contributed by atoms with Crippen LogP contribution in [-0.2, 0) is 4.79 Å². The van der Waals surface area contributed by atoms with E-state index >= 15 is 0 Å². The predicted molar refractivity (Wildman–Crippen MR) is 122 cm³/mol. The summed E-state index contributed by atoms with van der Waals surface area (Å²) in [5, 5.41) is 2.08. The lowest BCUT2D eigenvalue weighted by atomic mass is 9.92. The Morgan fingerprint density at radius 2 is 1.66 bits per heavy atom. The normalized spacial score (nSPS) is 11.5. The van der Waals surface area contributed by atoms with Crippen LogP contribution in [0.5, 0.6) is 0 Å². The minimum absolute atomic E-state index is 0.0616. The SMILES string of the molecule is CC(=O)c1ccc2cc(N(C)CC(=O)N(CCCN)CCC(C)(C)C)ccc2c1. The Bertz CT molecular complexity index is 855. The van der Waals surface area contributed by atoms with Gasteiger partial charge in [-0.3, -0.25) is 9.59 Å². The maximum atomic E-state index is 12.9. The summed E-state index contributed by atoms with van der Waals surface area (Å²) in [7, 11) is 1.94. The summed E-state index contributed by atoms with van der Waals surface area (Å²) >= 11 is 0. The lowest BCUT2D eigenvalue weighted by Gasteiger charge is -2.29. The van der Waals surface area contributed by atoms with Crippen molar-refractivity contribution in [2.45, 2.75) is 40.5 Å². The number of anilines is 1. The number of hydrogen-bond acceptors (Lipinski definition) is 4. The van der Waals surface area contributed by atoms with Crippen molar-refractivity contribution in [1.29, 1.82) is 0 Å². The van der Waals surface area contributed by atoms with Crippen LogP contribution in [0.4, 0.5) is 5.69 Å². The van der Waals surface area contributed by atoms with Crippen LogP contribution in [0.1, 0.15) is 50.9 Å². The van der Waals surface area contributed by atoms with Gasteiger partial charge in [0.25, 0.3) is 0 Å². The summed E-state index contributed by atoms with van der Waals surface area (Å²) in [6.45, 7) is 10.5. The zero-order valence-corrected chi connectivity index (χ0v) is 18.5. The lowest BCUT2D eigenvalue weighted by Crippen LogP contribution is -2.41. The molecule has 0 spiro atoms. The van der Waals surface area contributed by atoms with Gasteiger partial charge in [-0.25, -0.2) is 0 Å². The zero-order chi connectivity index (χ0) is 21.6. The molecular formula is C24H35N3O2. The fourth-order valence-electron chi connectivity index (χ4n) is 3.20. The van der Waals surface area contributed by atoms with Gasteiger partial charge in [-0.1, -0.05) is 39.0 Å². The average Bonchev–Trinajstić information content (AvgIpc) is 2.66. The number of fused-ring (bicyclic) bond motifs is 1. The van der Waals surface area contributed by atoms with E-state index in [1.807, 2.05) is 47.2 Å². The molecule has 0 fully saturated rings. The van der Waals surface area contributed by atoms with E-state index < -0.39 is 0 Å². The first-order valence-electron chi connectivity index (χ1n) is 10.3. The highest BCUT2D eigenvalue weighted by Gasteiger charge is 2.19. The Kier molecular flexibility index (Phi) is 7.80. The van der Waals surface area contributed by atoms with Crippen molar-refractivity contribution in [1.82, 2.24) is 4.90 Å². The van der Waals surface area contributed by atoms with Gasteiger partial charge < -0.3 is 15.5 Å². The maximum Gasteiger partial charge on any atom is 0.242 e. The first kappa shape index (κ1) is 22.9. The fraction of sp³-hybridized carbons (Fsp3) is 0.500. The van der Waals surface area contributed by atoms with Gasteiger partial charge >= 0.3 is 0 Å². The Balaban J connectivity index is 2.11. The van der Waals surface area contributed by atoms with Gasteiger partial charge in [0.05, 0.1) is 6.54 Å². The largest absolute Gasteiger partial charge is 0.365 e. The van der Waals surface area contributed by atoms with Crippen LogP contribution in [0.2, 0.25) is 0 Å². The topological polar surface area (TPSA) is 66.6 Å². The molecule has 0 aliphatic heterocycles. The molecular weight excluding hydrogens is 362 g/mol. The van der Waals surface area contributed by atoms with Crippen molar-refractivity contribution in [2.75, 3.05) is 38.1 Å². The summed E-state index contributed by atoms with van der Waals surface area (Å²) in [5.74, 6) is 0.184. The molecule has 29 heavy (non-hydrogen) atoms. The van der Waals surface area contributed by atoms with Gasteiger partial charge in [0.1, 0.15) is 0 Å². The monoisotopic (exact) mass is 397 g/mol. The molecule has 2 aromatic carbocycles. The smallest absolute Gasteiger partial charge is 0.242 e. The molecule has 0 aliphatic carbocycles. The third-order valence-electron chi connectivity index (χ3n) is 5.16. The third kappa shape index (κ3) is 6.86. The molecule has 1 amide bonds. The predicted octanol–water partition coefficient (Wildman–Crippen LogP) is 4.09. The van der Waals surface area contributed by atoms with E-state index in [-0.39, 0.29) is 17.1 Å². The molecule has 2 rings (SSSR count). The number of hydrogen-bond donors (Lipinski definition) is 1. The first-order chi connectivity index (χ1) is 13.6. The van der Waals surface area contributed by atoms with Crippen LogP contribution in [0.3, 0.4) is 0 Å². The quantitative estimate of drug-likeness (QED) is 0.647. The van der Waals surface area contributed by atoms with Gasteiger partial charge in [-0.2, -0.15) is 0 Å². The molecule has 2 N–H and O–H groups in total. The molecule has 0 saturated heterocycles. The molecule has 0 atom stereocenters. The van der Waals surface area contributed by atoms with Crippen LogP contribution in [0.25, 0.3) is 10.8 Å². The van der Waals surface area contributed by atoms with Gasteiger partial charge in [0, 0.05) is 31.4 Å². The van der Waals surface area contributed by atoms with Crippen molar-refractivity contribution in [3.63, 3.8) is 0 Å². The zero-order valence-electron chi connectivity index (χ0n) is 18.5. The van der Waals surface area contributed by atoms with Crippen LogP contribution in [0, 0.1) is 5.41 Å². The molecule has 158 valence electrons. The second-order valence-electron chi connectivity index (χ2n) is 8.99. The van der Waals surface area contributed by atoms with Crippen molar-refractivity contribution in [3.8, 4) is 0 Å². The number of ketones is 1. The van der Waals surface area contributed by atoms with Gasteiger partial charge in [0.15, 0.2) is 5.78 Å². The molecule has 0 aromatic heterocycles. The number of likely N-dealkylation sites (N-methyl/N-ethyl adjacent to an activating group) is 1. The highest BCUT2D eigenvalue weighted by atomic mass is 16.2. The van der Waals surface area contributed by atoms with Crippen LogP contribution >= 0.6 is 0 Å². The molecule has 0 unspecified atom stereocenters. The molecule has 0 heterocycles. The summed E-state index contributed by atoms with van der Waals surface area (Å²) in [5.41, 5.74) is 7.54. The Morgan fingerprint density at radius 1 is 1.00 bits per heavy atom. The molecule has 0 saturated carbocycles. The number of Topliss-reactive ketones (excluding diaryl/α,β-unsaturated/α-hetero) is 1. The van der Waals surface area contributed by atoms with E-state index in [0.717, 1.165) is 35.8 Å².